The summed E-state index contributed by atoms with van der Waals surface area (Å²) in [5.74, 6) is 0.626. The fraction of sp³-hybridized carbons (Fsp3) is 0.278. The topological polar surface area (TPSA) is 50.4 Å². The van der Waals surface area contributed by atoms with Gasteiger partial charge in [0.2, 0.25) is 5.91 Å². The lowest BCUT2D eigenvalue weighted by Crippen LogP contribution is -2.21. The molecule has 0 aliphatic heterocycles. The highest BCUT2D eigenvalue weighted by Crippen LogP contribution is 2.22. The molecule has 0 heterocycles. The maximum Gasteiger partial charge on any atom is 0.243 e. The summed E-state index contributed by atoms with van der Waals surface area (Å²) in [6.07, 6.45) is 1.13. The number of amides is 1. The molecule has 24 heavy (non-hydrogen) atoms. The van der Waals surface area contributed by atoms with Crippen molar-refractivity contribution in [3.05, 3.63) is 52.5 Å². The highest BCUT2D eigenvalue weighted by Gasteiger charge is 2.05. The Hall–Kier alpha value is -1.91. The first-order valence-electron chi connectivity index (χ1n) is 7.73. The van der Waals surface area contributed by atoms with Crippen LogP contribution in [0.5, 0.6) is 5.75 Å². The van der Waals surface area contributed by atoms with E-state index in [4.69, 9.17) is 27.9 Å². The van der Waals surface area contributed by atoms with Gasteiger partial charge in [0.15, 0.2) is 0 Å². The Kier molecular flexibility index (Phi) is 6.76. The molecule has 2 aromatic rings. The number of rotatable bonds is 7. The number of carbonyl (C=O) groups is 1. The van der Waals surface area contributed by atoms with Crippen LogP contribution in [0.3, 0.4) is 0 Å². The highest BCUT2D eigenvalue weighted by atomic mass is 35.5. The summed E-state index contributed by atoms with van der Waals surface area (Å²) in [5.41, 5.74) is 1.40. The lowest BCUT2D eigenvalue weighted by molar-refractivity contribution is -0.114. The average molecular weight is 367 g/mol. The van der Waals surface area contributed by atoms with Crippen molar-refractivity contribution in [1.29, 1.82) is 0 Å². The lowest BCUT2D eigenvalue weighted by Gasteiger charge is -2.13. The van der Waals surface area contributed by atoms with Crippen LogP contribution >= 0.6 is 23.2 Å². The van der Waals surface area contributed by atoms with E-state index < -0.39 is 0 Å². The van der Waals surface area contributed by atoms with Crippen LogP contribution in [0.2, 0.25) is 10.0 Å². The van der Waals surface area contributed by atoms with Crippen molar-refractivity contribution < 1.29 is 9.53 Å². The normalized spacial score (nSPS) is 11.7. The lowest BCUT2D eigenvalue weighted by atomic mass is 10.2. The molecule has 0 fully saturated rings. The number of ether oxygens (including phenoxy) is 1. The first-order chi connectivity index (χ1) is 11.5. The second-order valence-electron chi connectivity index (χ2n) is 5.42. The zero-order chi connectivity index (χ0) is 17.5. The molecule has 1 unspecified atom stereocenters. The molecule has 0 saturated carbocycles. The monoisotopic (exact) mass is 366 g/mol. The Morgan fingerprint density at radius 3 is 2.29 bits per heavy atom. The molecule has 1 amide bonds. The number of carbonyl (C=O) groups excluding carboxylic acids is 1. The Balaban J connectivity index is 1.85. The van der Waals surface area contributed by atoms with E-state index in [0.29, 0.717) is 15.7 Å². The molecule has 0 bridgehead atoms. The second-order valence-corrected chi connectivity index (χ2v) is 6.29. The minimum atomic E-state index is -0.187. The molecule has 4 nitrogen and oxygen atoms in total. The molecule has 6 heteroatoms. The molecule has 0 saturated heterocycles. The van der Waals surface area contributed by atoms with Crippen LogP contribution in [0, 0.1) is 0 Å². The third-order valence-corrected chi connectivity index (χ3v) is 3.80. The predicted octanol–water partition coefficient (Wildman–Crippen LogP) is 5.22. The zero-order valence-corrected chi connectivity index (χ0v) is 15.1. The molecule has 1 atom stereocenters. The first kappa shape index (κ1) is 18.4. The van der Waals surface area contributed by atoms with Crippen LogP contribution in [0.25, 0.3) is 0 Å². The molecule has 0 radical (unpaired) electrons. The Labute approximate surface area is 152 Å². The minimum Gasteiger partial charge on any atom is -0.491 e. The number of nitrogens with one attached hydrogen (secondary N) is 2. The number of anilines is 2. The van der Waals surface area contributed by atoms with Gasteiger partial charge in [0.05, 0.1) is 12.6 Å². The number of benzene rings is 2. The van der Waals surface area contributed by atoms with E-state index in [9.17, 15) is 4.79 Å². The van der Waals surface area contributed by atoms with E-state index in [1.165, 1.54) is 0 Å². The van der Waals surface area contributed by atoms with E-state index in [2.05, 4.69) is 17.6 Å². The molecule has 0 aromatic heterocycles. The smallest absolute Gasteiger partial charge is 0.243 e. The van der Waals surface area contributed by atoms with Gasteiger partial charge in [0, 0.05) is 21.4 Å². The van der Waals surface area contributed by atoms with E-state index >= 15 is 0 Å². The van der Waals surface area contributed by atoms with Gasteiger partial charge >= 0.3 is 0 Å². The summed E-state index contributed by atoms with van der Waals surface area (Å²) in [7, 11) is 0. The predicted molar refractivity (Wildman–Crippen MR) is 100 cm³/mol. The van der Waals surface area contributed by atoms with Gasteiger partial charge in [-0.2, -0.15) is 0 Å². The van der Waals surface area contributed by atoms with Gasteiger partial charge < -0.3 is 15.4 Å². The Morgan fingerprint density at radius 2 is 1.71 bits per heavy atom. The van der Waals surface area contributed by atoms with E-state index in [1.807, 2.05) is 31.2 Å². The van der Waals surface area contributed by atoms with E-state index in [1.54, 1.807) is 18.2 Å². The van der Waals surface area contributed by atoms with Crippen LogP contribution in [0.15, 0.2) is 42.5 Å². The van der Waals surface area contributed by atoms with Gasteiger partial charge in [0.25, 0.3) is 0 Å². The van der Waals surface area contributed by atoms with Crippen LogP contribution < -0.4 is 15.4 Å². The van der Waals surface area contributed by atoms with Crippen molar-refractivity contribution in [2.75, 3.05) is 17.2 Å². The first-order valence-corrected chi connectivity index (χ1v) is 8.48. The van der Waals surface area contributed by atoms with Gasteiger partial charge in [-0.05, 0) is 55.8 Å². The molecule has 0 spiro atoms. The van der Waals surface area contributed by atoms with Crippen molar-refractivity contribution in [1.82, 2.24) is 0 Å². The summed E-state index contributed by atoms with van der Waals surface area (Å²) < 4.78 is 5.71. The van der Waals surface area contributed by atoms with Crippen molar-refractivity contribution in [2.45, 2.75) is 26.4 Å². The van der Waals surface area contributed by atoms with E-state index in [0.717, 1.165) is 17.9 Å². The fourth-order valence-electron chi connectivity index (χ4n) is 1.98. The standard InChI is InChI=1S/C18H20Cl2N2O2/c1-3-12(2)24-17-6-4-15(5-7-17)21-11-18(23)22-16-9-13(19)8-14(20)10-16/h4-10,12,21H,3,11H2,1-2H3,(H,22,23). The van der Waals surface area contributed by atoms with Crippen molar-refractivity contribution in [2.24, 2.45) is 0 Å². The van der Waals surface area contributed by atoms with Crippen LogP contribution in [-0.2, 0) is 4.79 Å². The highest BCUT2D eigenvalue weighted by molar-refractivity contribution is 6.35. The largest absolute Gasteiger partial charge is 0.491 e. The third kappa shape index (κ3) is 5.95. The van der Waals surface area contributed by atoms with Gasteiger partial charge in [-0.3, -0.25) is 4.79 Å². The Morgan fingerprint density at radius 1 is 1.08 bits per heavy atom. The van der Waals surface area contributed by atoms with E-state index in [-0.39, 0.29) is 18.6 Å². The van der Waals surface area contributed by atoms with Gasteiger partial charge in [-0.15, -0.1) is 0 Å². The van der Waals surface area contributed by atoms with Gasteiger partial charge in [-0.25, -0.2) is 0 Å². The maximum absolute atomic E-state index is 12.0. The SMILES string of the molecule is CCC(C)Oc1ccc(NCC(=O)Nc2cc(Cl)cc(Cl)c2)cc1. The van der Waals surface area contributed by atoms with Crippen molar-refractivity contribution >= 4 is 40.5 Å². The molecule has 2 rings (SSSR count). The minimum absolute atomic E-state index is 0.135. The number of halogens is 2. The number of hydrogen-bond donors (Lipinski definition) is 2. The summed E-state index contributed by atoms with van der Waals surface area (Å²) >= 11 is 11.8. The molecule has 128 valence electrons. The molecule has 2 aromatic carbocycles. The van der Waals surface area contributed by atoms with Crippen molar-refractivity contribution in [3.63, 3.8) is 0 Å². The quantitative estimate of drug-likeness (QED) is 0.705. The number of hydrogen-bond acceptors (Lipinski definition) is 3. The maximum atomic E-state index is 12.0. The molecule has 0 aliphatic carbocycles. The molecular weight excluding hydrogens is 347 g/mol. The summed E-state index contributed by atoms with van der Waals surface area (Å²) in [6.45, 7) is 4.24. The van der Waals surface area contributed by atoms with Gasteiger partial charge in [0.1, 0.15) is 5.75 Å². The zero-order valence-electron chi connectivity index (χ0n) is 13.6. The summed E-state index contributed by atoms with van der Waals surface area (Å²) in [4.78, 5) is 12.0. The van der Waals surface area contributed by atoms with Gasteiger partial charge in [-0.1, -0.05) is 30.1 Å². The average Bonchev–Trinajstić information content (AvgIpc) is 2.53. The van der Waals surface area contributed by atoms with Crippen LogP contribution in [0.4, 0.5) is 11.4 Å². The fourth-order valence-corrected chi connectivity index (χ4v) is 2.51. The molecule has 0 aliphatic rings. The summed E-state index contributed by atoms with van der Waals surface area (Å²) in [5, 5.41) is 6.75. The second kappa shape index (κ2) is 8.81. The van der Waals surface area contributed by atoms with Crippen molar-refractivity contribution in [3.8, 4) is 5.75 Å². The molecule has 2 N–H and O–H groups in total. The Bertz CT molecular complexity index is 670. The summed E-state index contributed by atoms with van der Waals surface area (Å²) in [6, 6.07) is 12.4. The van der Waals surface area contributed by atoms with Crippen LogP contribution in [-0.4, -0.2) is 18.6 Å². The third-order valence-electron chi connectivity index (χ3n) is 3.37. The molecular formula is C18H20Cl2N2O2. The van der Waals surface area contributed by atoms with Crippen LogP contribution in [0.1, 0.15) is 20.3 Å².